The minimum absolute atomic E-state index is 1.11. The maximum atomic E-state index is 2.46. The molecule has 0 bridgehead atoms. The van der Waals surface area contributed by atoms with E-state index >= 15 is 0 Å². The van der Waals surface area contributed by atoms with Crippen LogP contribution in [0.15, 0.2) is 206 Å². The third-order valence-electron chi connectivity index (χ3n) is 11.6. The summed E-state index contributed by atoms with van der Waals surface area (Å²) in [5, 5.41) is 7.71. The van der Waals surface area contributed by atoms with Gasteiger partial charge in [-0.3, -0.25) is 0 Å². The first kappa shape index (κ1) is 33.2. The number of hydrogen-bond donors (Lipinski definition) is 0. The van der Waals surface area contributed by atoms with Gasteiger partial charge in [0.2, 0.25) is 0 Å². The van der Waals surface area contributed by atoms with Gasteiger partial charge in [-0.15, -0.1) is 22.7 Å². The fraction of sp³-hybridized carbons (Fsp3) is 0. The van der Waals surface area contributed by atoms with Crippen molar-refractivity contribution < 1.29 is 0 Å². The number of para-hydroxylation sites is 2. The summed E-state index contributed by atoms with van der Waals surface area (Å²) in [5.74, 6) is 0. The molecule has 0 aliphatic rings. The second kappa shape index (κ2) is 13.3. The van der Waals surface area contributed by atoms with E-state index in [2.05, 4.69) is 216 Å². The van der Waals surface area contributed by atoms with Crippen LogP contribution in [-0.4, -0.2) is 4.57 Å². The molecule has 0 N–H and O–H groups in total. The van der Waals surface area contributed by atoms with E-state index in [0.29, 0.717) is 0 Å². The smallest absolute Gasteiger partial charge is 0.0640 e. The van der Waals surface area contributed by atoms with Gasteiger partial charge in [0, 0.05) is 69.0 Å². The number of nitrogens with zero attached hydrogens (tertiary/aromatic N) is 2. The lowest BCUT2D eigenvalue weighted by Crippen LogP contribution is -2.10. The maximum absolute atomic E-state index is 2.46. The Bertz CT molecular complexity index is 3520. The molecule has 0 radical (unpaired) electrons. The molecule has 0 amide bonds. The molecule has 0 saturated heterocycles. The Morgan fingerprint density at radius 2 is 0.897 bits per heavy atom. The minimum atomic E-state index is 1.11. The number of thiophene rings is 2. The fourth-order valence-corrected chi connectivity index (χ4v) is 11.4. The summed E-state index contributed by atoms with van der Waals surface area (Å²) in [6.07, 6.45) is 0. The second-order valence-electron chi connectivity index (χ2n) is 14.8. The molecule has 0 aliphatic heterocycles. The monoisotopic (exact) mass is 774 g/mol. The van der Waals surface area contributed by atoms with Crippen molar-refractivity contribution in [2.45, 2.75) is 0 Å². The predicted molar refractivity (Wildman–Crippen MR) is 252 cm³/mol. The minimum Gasteiger partial charge on any atom is -0.309 e. The number of anilines is 3. The highest BCUT2D eigenvalue weighted by Crippen LogP contribution is 2.47. The molecule has 4 heteroatoms. The molecular weight excluding hydrogens is 741 g/mol. The number of benzene rings is 9. The SMILES string of the molecule is c1ccc(-n2c3ccccc3c3ccc(N(c4ccc(-c5ccccc5-c5cccc6c5sc5ccccc56)cc4)c4cccc5c4sc4ccccc45)cc32)cc1. The zero-order valence-corrected chi connectivity index (χ0v) is 33.0. The van der Waals surface area contributed by atoms with E-state index in [1.807, 2.05) is 22.7 Å². The quantitative estimate of drug-likeness (QED) is 0.163. The molecular formula is C54H34N2S2. The van der Waals surface area contributed by atoms with Crippen molar-refractivity contribution in [3.8, 4) is 27.9 Å². The van der Waals surface area contributed by atoms with Gasteiger partial charge < -0.3 is 9.47 Å². The summed E-state index contributed by atoms with van der Waals surface area (Å²) in [5.41, 5.74) is 11.9. The maximum Gasteiger partial charge on any atom is 0.0640 e. The highest BCUT2D eigenvalue weighted by Gasteiger charge is 2.21. The van der Waals surface area contributed by atoms with Crippen LogP contribution in [-0.2, 0) is 0 Å². The van der Waals surface area contributed by atoms with Crippen molar-refractivity contribution in [1.29, 1.82) is 0 Å². The molecule has 0 atom stereocenters. The van der Waals surface area contributed by atoms with Gasteiger partial charge in [-0.25, -0.2) is 0 Å². The van der Waals surface area contributed by atoms with Crippen molar-refractivity contribution in [3.05, 3.63) is 206 Å². The van der Waals surface area contributed by atoms with Crippen molar-refractivity contribution in [3.63, 3.8) is 0 Å². The lowest BCUT2D eigenvalue weighted by Gasteiger charge is -2.27. The molecule has 12 aromatic rings. The molecule has 0 saturated carbocycles. The van der Waals surface area contributed by atoms with E-state index in [-0.39, 0.29) is 0 Å². The Morgan fingerprint density at radius 3 is 1.67 bits per heavy atom. The molecule has 0 aliphatic carbocycles. The van der Waals surface area contributed by atoms with Crippen LogP contribution in [0.5, 0.6) is 0 Å². The Kier molecular flexibility index (Phi) is 7.62. The molecule has 12 rings (SSSR count). The third-order valence-corrected chi connectivity index (χ3v) is 14.0. The normalized spacial score (nSPS) is 11.8. The van der Waals surface area contributed by atoms with Crippen LogP contribution in [0.1, 0.15) is 0 Å². The second-order valence-corrected chi connectivity index (χ2v) is 17.0. The van der Waals surface area contributed by atoms with Gasteiger partial charge in [-0.2, -0.15) is 0 Å². The van der Waals surface area contributed by atoms with E-state index in [0.717, 1.165) is 17.1 Å². The summed E-state index contributed by atoms with van der Waals surface area (Å²) in [4.78, 5) is 2.46. The number of hydrogen-bond acceptors (Lipinski definition) is 3. The summed E-state index contributed by atoms with van der Waals surface area (Å²) < 4.78 is 7.63. The van der Waals surface area contributed by atoms with Crippen molar-refractivity contribution >= 4 is 102 Å². The number of fused-ring (bicyclic) bond motifs is 9. The Morgan fingerprint density at radius 1 is 0.345 bits per heavy atom. The number of rotatable bonds is 6. The van der Waals surface area contributed by atoms with Gasteiger partial charge in [-0.05, 0) is 77.4 Å². The predicted octanol–water partition coefficient (Wildman–Crippen LogP) is 16.3. The first-order chi connectivity index (χ1) is 28.8. The Balaban J connectivity index is 1.05. The molecule has 9 aromatic carbocycles. The molecule has 3 aromatic heterocycles. The first-order valence-corrected chi connectivity index (χ1v) is 21.3. The van der Waals surface area contributed by atoms with Crippen LogP contribution in [0, 0.1) is 0 Å². The zero-order chi connectivity index (χ0) is 38.2. The molecule has 0 spiro atoms. The van der Waals surface area contributed by atoms with E-state index in [9.17, 15) is 0 Å². The van der Waals surface area contributed by atoms with Gasteiger partial charge in [0.05, 0.1) is 21.4 Å². The summed E-state index contributed by atoms with van der Waals surface area (Å²) in [6, 6.07) is 75.6. The number of aromatic nitrogens is 1. The summed E-state index contributed by atoms with van der Waals surface area (Å²) in [7, 11) is 0. The largest absolute Gasteiger partial charge is 0.309 e. The third kappa shape index (κ3) is 5.16. The van der Waals surface area contributed by atoms with Crippen LogP contribution in [0.25, 0.3) is 90.1 Å². The molecule has 272 valence electrons. The molecule has 0 unspecified atom stereocenters. The van der Waals surface area contributed by atoms with Crippen molar-refractivity contribution in [2.75, 3.05) is 4.90 Å². The van der Waals surface area contributed by atoms with E-state index < -0.39 is 0 Å². The Labute approximate surface area is 343 Å². The Hall–Kier alpha value is -6.98. The topological polar surface area (TPSA) is 8.17 Å². The standard InChI is InChI=1S/C54H34N2S2/c1-2-14-36(15-3-1)56-48-24-9-6-18-41(48)42-33-32-38(34-50(42)56)55(49-25-13-23-47-44-20-8-11-27-52(44)58-54(47)49)37-30-28-35(29-31-37)39-16-4-5-17-40(39)45-21-12-22-46-43-19-7-10-26-51(43)57-53(45)46/h1-34H. The van der Waals surface area contributed by atoms with Crippen LogP contribution in [0.3, 0.4) is 0 Å². The zero-order valence-electron chi connectivity index (χ0n) is 31.3. The van der Waals surface area contributed by atoms with Gasteiger partial charge in [0.15, 0.2) is 0 Å². The average molecular weight is 775 g/mol. The van der Waals surface area contributed by atoms with E-state index in [1.54, 1.807) is 0 Å². The summed E-state index contributed by atoms with van der Waals surface area (Å²) in [6.45, 7) is 0. The molecule has 0 fully saturated rings. The fourth-order valence-electron chi connectivity index (χ4n) is 9.01. The first-order valence-electron chi connectivity index (χ1n) is 19.7. The van der Waals surface area contributed by atoms with E-state index in [4.69, 9.17) is 0 Å². The highest BCUT2D eigenvalue weighted by molar-refractivity contribution is 7.26. The van der Waals surface area contributed by atoms with Crippen LogP contribution >= 0.6 is 22.7 Å². The van der Waals surface area contributed by atoms with Crippen molar-refractivity contribution in [2.24, 2.45) is 0 Å². The lowest BCUT2D eigenvalue weighted by atomic mass is 9.93. The van der Waals surface area contributed by atoms with Gasteiger partial charge in [0.1, 0.15) is 0 Å². The average Bonchev–Trinajstić information content (AvgIpc) is 3.97. The van der Waals surface area contributed by atoms with E-state index in [1.165, 1.54) is 90.1 Å². The molecule has 58 heavy (non-hydrogen) atoms. The van der Waals surface area contributed by atoms with Crippen LogP contribution < -0.4 is 4.90 Å². The molecule has 2 nitrogen and oxygen atoms in total. The van der Waals surface area contributed by atoms with Crippen LogP contribution in [0.2, 0.25) is 0 Å². The van der Waals surface area contributed by atoms with Gasteiger partial charge >= 0.3 is 0 Å². The molecule has 3 heterocycles. The van der Waals surface area contributed by atoms with Gasteiger partial charge in [0.25, 0.3) is 0 Å². The van der Waals surface area contributed by atoms with Crippen LogP contribution in [0.4, 0.5) is 17.1 Å². The van der Waals surface area contributed by atoms with Gasteiger partial charge in [-0.1, -0.05) is 146 Å². The van der Waals surface area contributed by atoms with Crippen molar-refractivity contribution in [1.82, 2.24) is 4.57 Å². The summed E-state index contributed by atoms with van der Waals surface area (Å²) >= 11 is 3.75. The highest BCUT2D eigenvalue weighted by atomic mass is 32.1. The lowest BCUT2D eigenvalue weighted by molar-refractivity contribution is 1.18.